The third-order valence-corrected chi connectivity index (χ3v) is 6.10. The van der Waals surface area contributed by atoms with E-state index >= 15 is 0 Å². The van der Waals surface area contributed by atoms with E-state index in [1.807, 2.05) is 24.3 Å². The van der Waals surface area contributed by atoms with Gasteiger partial charge in [0.1, 0.15) is 5.75 Å². The average Bonchev–Trinajstić information content (AvgIpc) is 2.51. The van der Waals surface area contributed by atoms with Crippen LogP contribution < -0.4 is 4.52 Å². The van der Waals surface area contributed by atoms with E-state index in [0.29, 0.717) is 10.2 Å². The largest absolute Gasteiger partial charge is 0.442 e. The first kappa shape index (κ1) is 19.9. The lowest BCUT2D eigenvalue weighted by atomic mass is 10.2. The monoisotopic (exact) mass is 500 g/mol. The van der Waals surface area contributed by atoms with Crippen molar-refractivity contribution in [3.8, 4) is 5.75 Å². The number of hydrogen-bond acceptors (Lipinski definition) is 3. The molecule has 0 bridgehead atoms. The topological polar surface area (TPSA) is 46.5 Å². The molecule has 0 radical (unpaired) electrons. The SMILES string of the molecule is O=P(O)(Oc1ccc(CSCc2ccc(Br)cc2)cc1Br)C(F)F. The fraction of sp³-hybridized carbons (Fsp3) is 0.200. The van der Waals surface area contributed by atoms with Crippen LogP contribution in [0.3, 0.4) is 0 Å². The van der Waals surface area contributed by atoms with E-state index in [1.165, 1.54) is 11.6 Å². The van der Waals surface area contributed by atoms with Gasteiger partial charge in [0.15, 0.2) is 0 Å². The zero-order valence-corrected chi connectivity index (χ0v) is 17.0. The summed E-state index contributed by atoms with van der Waals surface area (Å²) in [6, 6.07) is 12.8. The first-order chi connectivity index (χ1) is 11.3. The van der Waals surface area contributed by atoms with Crippen LogP contribution in [-0.2, 0) is 16.1 Å². The molecule has 0 fully saturated rings. The van der Waals surface area contributed by atoms with E-state index in [2.05, 4.69) is 36.4 Å². The van der Waals surface area contributed by atoms with Crippen molar-refractivity contribution >= 4 is 51.2 Å². The van der Waals surface area contributed by atoms with Crippen molar-refractivity contribution in [2.24, 2.45) is 0 Å². The number of rotatable bonds is 7. The molecule has 2 aromatic carbocycles. The van der Waals surface area contributed by atoms with Gasteiger partial charge in [-0.25, -0.2) is 4.57 Å². The Labute approximate surface area is 159 Å². The molecule has 3 nitrogen and oxygen atoms in total. The highest BCUT2D eigenvalue weighted by Gasteiger charge is 2.34. The minimum Gasteiger partial charge on any atom is -0.420 e. The van der Waals surface area contributed by atoms with E-state index in [1.54, 1.807) is 23.9 Å². The van der Waals surface area contributed by atoms with Gasteiger partial charge >= 0.3 is 13.8 Å². The van der Waals surface area contributed by atoms with Crippen LogP contribution in [0, 0.1) is 0 Å². The lowest BCUT2D eigenvalue weighted by Gasteiger charge is -2.14. The molecular formula is C15H13Br2F2O3PS. The van der Waals surface area contributed by atoms with Gasteiger partial charge in [-0.1, -0.05) is 34.1 Å². The lowest BCUT2D eigenvalue weighted by molar-refractivity contribution is 0.188. The fourth-order valence-electron chi connectivity index (χ4n) is 1.76. The molecule has 0 heterocycles. The van der Waals surface area contributed by atoms with Crippen LogP contribution in [-0.4, -0.2) is 11.1 Å². The second-order valence-corrected chi connectivity index (χ2v) is 9.27. The Morgan fingerprint density at radius 1 is 1.08 bits per heavy atom. The first-order valence-electron chi connectivity index (χ1n) is 6.69. The van der Waals surface area contributed by atoms with Crippen LogP contribution >= 0.6 is 51.2 Å². The van der Waals surface area contributed by atoms with E-state index < -0.39 is 13.8 Å². The number of benzene rings is 2. The molecule has 9 heteroatoms. The van der Waals surface area contributed by atoms with Crippen molar-refractivity contribution in [2.75, 3.05) is 0 Å². The molecule has 0 aliphatic carbocycles. The molecule has 2 aromatic rings. The second-order valence-electron chi connectivity index (χ2n) is 4.82. The van der Waals surface area contributed by atoms with Gasteiger partial charge in [-0.15, -0.1) is 0 Å². The van der Waals surface area contributed by atoms with Crippen molar-refractivity contribution in [2.45, 2.75) is 17.7 Å². The summed E-state index contributed by atoms with van der Waals surface area (Å²) >= 11 is 8.26. The maximum atomic E-state index is 12.4. The minimum absolute atomic E-state index is 0.0807. The van der Waals surface area contributed by atoms with Crippen LogP contribution in [0.4, 0.5) is 8.78 Å². The minimum atomic E-state index is -4.97. The van der Waals surface area contributed by atoms with Crippen molar-refractivity contribution in [3.05, 3.63) is 62.5 Å². The predicted octanol–water partition coefficient (Wildman–Crippen LogP) is 6.43. The van der Waals surface area contributed by atoms with Crippen LogP contribution in [0.25, 0.3) is 0 Å². The first-order valence-corrected chi connectivity index (χ1v) is 11.1. The molecule has 0 aromatic heterocycles. The number of alkyl halides is 2. The molecule has 0 spiro atoms. The summed E-state index contributed by atoms with van der Waals surface area (Å²) in [4.78, 5) is 9.08. The van der Waals surface area contributed by atoms with E-state index in [4.69, 9.17) is 4.89 Å². The summed E-state index contributed by atoms with van der Waals surface area (Å²) in [5, 5.41) is 0. The van der Waals surface area contributed by atoms with Crippen molar-refractivity contribution in [1.82, 2.24) is 0 Å². The van der Waals surface area contributed by atoms with Crippen molar-refractivity contribution in [3.63, 3.8) is 0 Å². The molecule has 0 aliphatic heterocycles. The van der Waals surface area contributed by atoms with Gasteiger partial charge in [0.2, 0.25) is 0 Å². The van der Waals surface area contributed by atoms with Crippen LogP contribution in [0.1, 0.15) is 11.1 Å². The summed E-state index contributed by atoms with van der Waals surface area (Å²) in [5.41, 5.74) is 2.14. The molecule has 0 amide bonds. The van der Waals surface area contributed by atoms with Gasteiger partial charge in [-0.05, 0) is 51.3 Å². The molecule has 24 heavy (non-hydrogen) atoms. The van der Waals surface area contributed by atoms with Gasteiger partial charge in [0.25, 0.3) is 0 Å². The Morgan fingerprint density at radius 2 is 1.67 bits per heavy atom. The Hall–Kier alpha value is -0.400. The molecule has 0 aliphatic rings. The quantitative estimate of drug-likeness (QED) is 0.444. The number of hydrogen-bond donors (Lipinski definition) is 1. The molecular weight excluding hydrogens is 489 g/mol. The highest BCUT2D eigenvalue weighted by molar-refractivity contribution is 9.10. The van der Waals surface area contributed by atoms with Crippen molar-refractivity contribution in [1.29, 1.82) is 0 Å². The maximum absolute atomic E-state index is 12.4. The molecule has 0 saturated heterocycles. The maximum Gasteiger partial charge on any atom is 0.442 e. The Kier molecular flexibility index (Phi) is 7.31. The molecule has 1 unspecified atom stereocenters. The molecule has 1 atom stereocenters. The summed E-state index contributed by atoms with van der Waals surface area (Å²) < 4.78 is 42.0. The van der Waals surface area contributed by atoms with Crippen LogP contribution in [0.15, 0.2) is 51.4 Å². The summed E-state index contributed by atoms with van der Waals surface area (Å²) in [6.45, 7) is 0. The number of halogens is 4. The van der Waals surface area contributed by atoms with E-state index in [0.717, 1.165) is 15.8 Å². The van der Waals surface area contributed by atoms with Gasteiger partial charge in [0, 0.05) is 16.0 Å². The summed E-state index contributed by atoms with van der Waals surface area (Å²) in [7, 11) is -4.97. The van der Waals surface area contributed by atoms with Gasteiger partial charge in [-0.2, -0.15) is 20.5 Å². The predicted molar refractivity (Wildman–Crippen MR) is 99.7 cm³/mol. The summed E-state index contributed by atoms with van der Waals surface area (Å²) in [5.74, 6) is 1.46. The van der Waals surface area contributed by atoms with Gasteiger partial charge in [-0.3, -0.25) is 0 Å². The fourth-order valence-corrected chi connectivity index (χ4v) is 4.12. The second kappa shape index (κ2) is 8.81. The Morgan fingerprint density at radius 3 is 2.25 bits per heavy atom. The van der Waals surface area contributed by atoms with Crippen molar-refractivity contribution < 1.29 is 22.8 Å². The average molecular weight is 502 g/mol. The highest BCUT2D eigenvalue weighted by Crippen LogP contribution is 2.50. The molecule has 1 N–H and O–H groups in total. The zero-order valence-electron chi connectivity index (χ0n) is 12.2. The third kappa shape index (κ3) is 5.85. The summed E-state index contributed by atoms with van der Waals surface area (Å²) in [6.07, 6.45) is -3.44. The Bertz CT molecular complexity index is 744. The van der Waals surface area contributed by atoms with Crippen LogP contribution in [0.2, 0.25) is 0 Å². The third-order valence-electron chi connectivity index (χ3n) is 2.92. The van der Waals surface area contributed by atoms with Gasteiger partial charge < -0.3 is 9.42 Å². The normalized spacial score (nSPS) is 13.8. The Balaban J connectivity index is 1.94. The molecule has 2 rings (SSSR count). The van der Waals surface area contributed by atoms with Crippen LogP contribution in [0.5, 0.6) is 5.75 Å². The van der Waals surface area contributed by atoms with E-state index in [-0.39, 0.29) is 5.75 Å². The molecule has 130 valence electrons. The number of thioether (sulfide) groups is 1. The van der Waals surface area contributed by atoms with E-state index in [9.17, 15) is 13.3 Å². The zero-order chi connectivity index (χ0) is 17.7. The standard InChI is InChI=1S/C15H13Br2F2O3PS/c16-12-4-1-10(2-5-12)8-24-9-11-3-6-14(13(17)7-11)22-23(20,21)15(18)19/h1-7,15H,8-9H2,(H,20,21). The lowest BCUT2D eigenvalue weighted by Crippen LogP contribution is -2.01. The highest BCUT2D eigenvalue weighted by atomic mass is 79.9. The smallest absolute Gasteiger partial charge is 0.420 e. The van der Waals surface area contributed by atoms with Gasteiger partial charge in [0.05, 0.1) is 4.47 Å². The molecule has 0 saturated carbocycles.